The van der Waals surface area contributed by atoms with E-state index >= 15 is 0 Å². The van der Waals surface area contributed by atoms with E-state index in [0.29, 0.717) is 6.07 Å². The van der Waals surface area contributed by atoms with E-state index in [9.17, 15) is 13.6 Å². The summed E-state index contributed by atoms with van der Waals surface area (Å²) in [7, 11) is 0. The lowest BCUT2D eigenvalue weighted by Gasteiger charge is -2.08. The summed E-state index contributed by atoms with van der Waals surface area (Å²) in [5.74, 6) is -1.91. The summed E-state index contributed by atoms with van der Waals surface area (Å²) in [4.78, 5) is 14.9. The molecule has 0 bridgehead atoms. The van der Waals surface area contributed by atoms with Gasteiger partial charge in [-0.1, -0.05) is 0 Å². The first-order valence-electron chi connectivity index (χ1n) is 3.73. The van der Waals surface area contributed by atoms with Crippen molar-refractivity contribution in [2.75, 3.05) is 0 Å². The van der Waals surface area contributed by atoms with Crippen molar-refractivity contribution < 1.29 is 13.6 Å². The van der Waals surface area contributed by atoms with Crippen LogP contribution in [0, 0.1) is 11.6 Å². The molecule has 1 aromatic carbocycles. The maximum absolute atomic E-state index is 13.0. The van der Waals surface area contributed by atoms with Crippen LogP contribution in [0.1, 0.15) is 16.8 Å². The van der Waals surface area contributed by atoms with Crippen LogP contribution in [0.5, 0.6) is 0 Å². The Morgan fingerprint density at radius 3 is 2.85 bits per heavy atom. The number of Topliss-reactive ketones (excluding diaryl/α,β-unsaturated/α-hetero) is 1. The molecule has 0 amide bonds. The van der Waals surface area contributed by atoms with Gasteiger partial charge in [0.1, 0.15) is 11.6 Å². The number of hydrogen-bond donors (Lipinski definition) is 0. The number of ketones is 1. The van der Waals surface area contributed by atoms with Gasteiger partial charge in [0.2, 0.25) is 0 Å². The lowest BCUT2D eigenvalue weighted by Crippen LogP contribution is -2.07. The molecule has 66 valence electrons. The third kappa shape index (κ3) is 1.24. The topological polar surface area (TPSA) is 29.4 Å². The van der Waals surface area contributed by atoms with Crippen molar-refractivity contribution >= 4 is 17.7 Å². The number of fused-ring (bicyclic) bond motifs is 1. The molecule has 0 N–H and O–H groups in total. The minimum absolute atomic E-state index is 0.0775. The van der Waals surface area contributed by atoms with Gasteiger partial charge in [0.15, 0.2) is 5.78 Å². The third-order valence-corrected chi connectivity index (χ3v) is 1.82. The molecule has 0 aromatic heterocycles. The van der Waals surface area contributed by atoms with Crippen molar-refractivity contribution in [1.82, 2.24) is 0 Å². The molecule has 0 saturated carbocycles. The second-order valence-electron chi connectivity index (χ2n) is 2.72. The van der Waals surface area contributed by atoms with Crippen LogP contribution in [0.3, 0.4) is 0 Å². The zero-order valence-corrected chi connectivity index (χ0v) is 6.55. The van der Waals surface area contributed by atoms with E-state index in [1.165, 1.54) is 6.21 Å². The average molecular weight is 181 g/mol. The van der Waals surface area contributed by atoms with Crippen LogP contribution in [0.2, 0.25) is 0 Å². The Labute approximate surface area is 72.9 Å². The third-order valence-electron chi connectivity index (χ3n) is 1.82. The molecule has 2 rings (SSSR count). The highest BCUT2D eigenvalue weighted by atomic mass is 19.1. The van der Waals surface area contributed by atoms with Crippen LogP contribution in [0.25, 0.3) is 0 Å². The highest BCUT2D eigenvalue weighted by Gasteiger charge is 2.19. The van der Waals surface area contributed by atoms with Crippen LogP contribution in [0.4, 0.5) is 14.5 Å². The molecule has 0 spiro atoms. The summed E-state index contributed by atoms with van der Waals surface area (Å²) in [5, 5.41) is 0. The monoisotopic (exact) mass is 181 g/mol. The van der Waals surface area contributed by atoms with E-state index in [2.05, 4.69) is 4.99 Å². The van der Waals surface area contributed by atoms with Gasteiger partial charge in [-0.05, 0) is 0 Å². The summed E-state index contributed by atoms with van der Waals surface area (Å²) < 4.78 is 25.7. The lowest BCUT2D eigenvalue weighted by atomic mass is 10.0. The van der Waals surface area contributed by atoms with Gasteiger partial charge in [0, 0.05) is 24.8 Å². The summed E-state index contributed by atoms with van der Waals surface area (Å²) in [6.07, 6.45) is 1.43. The Hall–Kier alpha value is -1.58. The van der Waals surface area contributed by atoms with Gasteiger partial charge in [-0.15, -0.1) is 0 Å². The number of aliphatic imine (C=N–C) groups is 1. The number of benzene rings is 1. The van der Waals surface area contributed by atoms with E-state index in [-0.39, 0.29) is 23.5 Å². The first-order chi connectivity index (χ1) is 6.18. The first-order valence-corrected chi connectivity index (χ1v) is 3.73. The quantitative estimate of drug-likeness (QED) is 0.603. The number of rotatable bonds is 0. The van der Waals surface area contributed by atoms with E-state index < -0.39 is 11.6 Å². The molecule has 1 aliphatic heterocycles. The Morgan fingerprint density at radius 2 is 2.08 bits per heavy atom. The minimum Gasteiger partial charge on any atom is -0.294 e. The highest BCUT2D eigenvalue weighted by Crippen LogP contribution is 2.27. The predicted octanol–water partition coefficient (Wildman–Crippen LogP) is 2.25. The molecule has 0 atom stereocenters. The van der Waals surface area contributed by atoms with Crippen molar-refractivity contribution in [3.63, 3.8) is 0 Å². The maximum atomic E-state index is 13.0. The summed E-state index contributed by atoms with van der Waals surface area (Å²) in [6, 6.07) is 1.74. The van der Waals surface area contributed by atoms with Crippen molar-refractivity contribution in [2.24, 2.45) is 4.99 Å². The Morgan fingerprint density at radius 1 is 1.31 bits per heavy atom. The van der Waals surface area contributed by atoms with Crippen molar-refractivity contribution in [3.05, 3.63) is 29.3 Å². The average Bonchev–Trinajstić information content (AvgIpc) is 2.02. The highest BCUT2D eigenvalue weighted by molar-refractivity contribution is 6.10. The molecule has 13 heavy (non-hydrogen) atoms. The van der Waals surface area contributed by atoms with Crippen molar-refractivity contribution in [1.29, 1.82) is 0 Å². The van der Waals surface area contributed by atoms with Gasteiger partial charge in [0.25, 0.3) is 0 Å². The normalized spacial score (nSPS) is 14.5. The molecule has 1 aromatic rings. The van der Waals surface area contributed by atoms with E-state index in [0.717, 1.165) is 6.07 Å². The maximum Gasteiger partial charge on any atom is 0.173 e. The molecule has 0 fully saturated rings. The molecule has 2 nitrogen and oxygen atoms in total. The van der Waals surface area contributed by atoms with E-state index in [4.69, 9.17) is 0 Å². The van der Waals surface area contributed by atoms with Gasteiger partial charge < -0.3 is 0 Å². The molecular weight excluding hydrogens is 176 g/mol. The smallest absolute Gasteiger partial charge is 0.173 e. The molecule has 0 radical (unpaired) electrons. The fourth-order valence-electron chi connectivity index (χ4n) is 1.27. The van der Waals surface area contributed by atoms with Crippen LogP contribution >= 0.6 is 0 Å². The Bertz CT molecular complexity index is 412. The minimum atomic E-state index is -0.836. The SMILES string of the molecule is O=C1CC=Nc2cc(F)cc(F)c21. The molecule has 1 aliphatic rings. The molecule has 0 unspecified atom stereocenters. The molecule has 0 saturated heterocycles. The molecular formula is C9H5F2NO. The summed E-state index contributed by atoms with van der Waals surface area (Å²) in [5.41, 5.74) is -0.0300. The van der Waals surface area contributed by atoms with Gasteiger partial charge in [-0.25, -0.2) is 8.78 Å². The number of carbonyl (C=O) groups is 1. The Kier molecular flexibility index (Phi) is 1.69. The standard InChI is InChI=1S/C9H5F2NO/c10-5-3-6(11)9-7(4-5)12-2-1-8(9)13/h2-4H,1H2. The van der Waals surface area contributed by atoms with Crippen LogP contribution < -0.4 is 0 Å². The second-order valence-corrected chi connectivity index (χ2v) is 2.72. The van der Waals surface area contributed by atoms with Gasteiger partial charge >= 0.3 is 0 Å². The molecule has 0 aliphatic carbocycles. The number of nitrogens with zero attached hydrogens (tertiary/aromatic N) is 1. The largest absolute Gasteiger partial charge is 0.294 e. The van der Waals surface area contributed by atoms with Crippen molar-refractivity contribution in [2.45, 2.75) is 6.42 Å². The summed E-state index contributed by atoms with van der Waals surface area (Å²) in [6.45, 7) is 0. The van der Waals surface area contributed by atoms with Gasteiger partial charge in [-0.3, -0.25) is 9.79 Å². The number of carbonyl (C=O) groups excluding carboxylic acids is 1. The predicted molar refractivity (Wildman–Crippen MR) is 43.5 cm³/mol. The number of halogens is 2. The van der Waals surface area contributed by atoms with Crippen LogP contribution in [-0.2, 0) is 0 Å². The van der Waals surface area contributed by atoms with Gasteiger partial charge in [-0.2, -0.15) is 0 Å². The zero-order valence-electron chi connectivity index (χ0n) is 6.55. The lowest BCUT2D eigenvalue weighted by molar-refractivity contribution is 0.0997. The van der Waals surface area contributed by atoms with Gasteiger partial charge in [0.05, 0.1) is 11.3 Å². The molecule has 1 heterocycles. The number of hydrogen-bond acceptors (Lipinski definition) is 2. The van der Waals surface area contributed by atoms with Crippen LogP contribution in [0.15, 0.2) is 17.1 Å². The van der Waals surface area contributed by atoms with Crippen molar-refractivity contribution in [3.8, 4) is 0 Å². The second kappa shape index (κ2) is 2.73. The van der Waals surface area contributed by atoms with E-state index in [1.807, 2.05) is 0 Å². The molecule has 4 heteroatoms. The first kappa shape index (κ1) is 8.04. The Balaban J connectivity index is 2.71. The fourth-order valence-corrected chi connectivity index (χ4v) is 1.27. The zero-order chi connectivity index (χ0) is 9.42. The summed E-state index contributed by atoms with van der Waals surface area (Å²) >= 11 is 0. The fraction of sp³-hybridized carbons (Fsp3) is 0.111. The van der Waals surface area contributed by atoms with E-state index in [1.54, 1.807) is 0 Å². The van der Waals surface area contributed by atoms with Crippen LogP contribution in [-0.4, -0.2) is 12.0 Å².